The zero-order valence-corrected chi connectivity index (χ0v) is 17.8. The monoisotopic (exact) mass is 412 g/mol. The van der Waals surface area contributed by atoms with E-state index >= 15 is 0 Å². The zero-order valence-electron chi connectivity index (χ0n) is 17.8. The first-order valence-corrected chi connectivity index (χ1v) is 9.99. The molecule has 2 N–H and O–H groups in total. The SMILES string of the molecule is CCN(C)CCNC(=O)Cn1cc(-c2nc(-n3ccnc3)[nH]c(=O)c2C(C)C)cn1. The molecule has 0 bridgehead atoms. The van der Waals surface area contributed by atoms with Crippen LogP contribution in [0.15, 0.2) is 35.9 Å². The highest BCUT2D eigenvalue weighted by Gasteiger charge is 2.18. The number of amides is 1. The lowest BCUT2D eigenvalue weighted by Crippen LogP contribution is -2.34. The lowest BCUT2D eigenvalue weighted by Gasteiger charge is -2.14. The van der Waals surface area contributed by atoms with Crippen LogP contribution in [0.25, 0.3) is 17.2 Å². The number of rotatable bonds is 9. The molecule has 0 aliphatic carbocycles. The molecule has 0 radical (unpaired) electrons. The molecule has 0 aliphatic rings. The van der Waals surface area contributed by atoms with Crippen LogP contribution in [-0.2, 0) is 11.3 Å². The van der Waals surface area contributed by atoms with Crippen LogP contribution in [0.1, 0.15) is 32.3 Å². The summed E-state index contributed by atoms with van der Waals surface area (Å²) in [6, 6.07) is 0. The Morgan fingerprint density at radius 3 is 2.83 bits per heavy atom. The van der Waals surface area contributed by atoms with E-state index in [1.165, 1.54) is 0 Å². The lowest BCUT2D eigenvalue weighted by atomic mass is 10.0. The molecule has 30 heavy (non-hydrogen) atoms. The maximum atomic E-state index is 12.7. The Morgan fingerprint density at radius 1 is 1.37 bits per heavy atom. The first kappa shape index (κ1) is 21.4. The van der Waals surface area contributed by atoms with E-state index in [1.54, 1.807) is 40.4 Å². The van der Waals surface area contributed by atoms with Crippen LogP contribution in [-0.4, -0.2) is 66.8 Å². The van der Waals surface area contributed by atoms with Gasteiger partial charge < -0.3 is 10.2 Å². The van der Waals surface area contributed by atoms with E-state index in [0.717, 1.165) is 13.1 Å². The highest BCUT2D eigenvalue weighted by molar-refractivity contribution is 5.75. The van der Waals surface area contributed by atoms with Crippen molar-refractivity contribution >= 4 is 5.91 Å². The molecule has 0 atom stereocenters. The van der Waals surface area contributed by atoms with Gasteiger partial charge >= 0.3 is 0 Å². The van der Waals surface area contributed by atoms with Crippen LogP contribution >= 0.6 is 0 Å². The summed E-state index contributed by atoms with van der Waals surface area (Å²) in [4.78, 5) is 38.5. The first-order valence-electron chi connectivity index (χ1n) is 9.99. The van der Waals surface area contributed by atoms with Crippen molar-refractivity contribution in [3.05, 3.63) is 47.0 Å². The fourth-order valence-corrected chi connectivity index (χ4v) is 3.05. The number of nitrogens with one attached hydrogen (secondary N) is 2. The van der Waals surface area contributed by atoms with Gasteiger partial charge in [0.1, 0.15) is 12.9 Å². The van der Waals surface area contributed by atoms with Crippen molar-refractivity contribution in [2.45, 2.75) is 33.2 Å². The Labute approximate surface area is 175 Å². The number of aromatic amines is 1. The quantitative estimate of drug-likeness (QED) is 0.542. The highest BCUT2D eigenvalue weighted by Crippen LogP contribution is 2.24. The maximum absolute atomic E-state index is 12.7. The second-order valence-electron chi connectivity index (χ2n) is 7.45. The fraction of sp³-hybridized carbons (Fsp3) is 0.450. The Bertz CT molecular complexity index is 1040. The molecular weight excluding hydrogens is 384 g/mol. The number of nitrogens with zero attached hydrogens (tertiary/aromatic N) is 6. The molecule has 3 aromatic heterocycles. The topological polar surface area (TPSA) is 114 Å². The summed E-state index contributed by atoms with van der Waals surface area (Å²) in [5, 5.41) is 7.18. The van der Waals surface area contributed by atoms with E-state index in [1.807, 2.05) is 20.9 Å². The van der Waals surface area contributed by atoms with E-state index < -0.39 is 0 Å². The molecule has 10 nitrogen and oxygen atoms in total. The molecular formula is C20H28N8O2. The molecule has 0 fully saturated rings. The van der Waals surface area contributed by atoms with Crippen LogP contribution in [0.2, 0.25) is 0 Å². The van der Waals surface area contributed by atoms with Crippen molar-refractivity contribution in [3.63, 3.8) is 0 Å². The summed E-state index contributed by atoms with van der Waals surface area (Å²) in [6.45, 7) is 8.36. The van der Waals surface area contributed by atoms with E-state index in [9.17, 15) is 9.59 Å². The van der Waals surface area contributed by atoms with Gasteiger partial charge in [-0.05, 0) is 19.5 Å². The smallest absolute Gasteiger partial charge is 0.256 e. The number of imidazole rings is 1. The maximum Gasteiger partial charge on any atom is 0.256 e. The van der Waals surface area contributed by atoms with Crippen molar-refractivity contribution in [2.75, 3.05) is 26.7 Å². The van der Waals surface area contributed by atoms with E-state index in [4.69, 9.17) is 0 Å². The van der Waals surface area contributed by atoms with E-state index in [0.29, 0.717) is 29.3 Å². The van der Waals surface area contributed by atoms with Gasteiger partial charge in [0, 0.05) is 42.8 Å². The second kappa shape index (κ2) is 9.49. The summed E-state index contributed by atoms with van der Waals surface area (Å²) in [5.41, 5.74) is 1.60. The molecule has 3 rings (SSSR count). The summed E-state index contributed by atoms with van der Waals surface area (Å²) in [6.07, 6.45) is 8.26. The third-order valence-corrected chi connectivity index (χ3v) is 4.84. The molecule has 0 unspecified atom stereocenters. The van der Waals surface area contributed by atoms with Crippen molar-refractivity contribution < 1.29 is 4.79 Å². The molecule has 0 saturated carbocycles. The molecule has 0 spiro atoms. The Morgan fingerprint density at radius 2 is 2.17 bits per heavy atom. The minimum Gasteiger partial charge on any atom is -0.353 e. The molecule has 0 saturated heterocycles. The summed E-state index contributed by atoms with van der Waals surface area (Å²) >= 11 is 0. The number of carbonyl (C=O) groups excluding carboxylic acids is 1. The number of hydrogen-bond donors (Lipinski definition) is 2. The van der Waals surface area contributed by atoms with Gasteiger partial charge in [0.25, 0.3) is 5.56 Å². The second-order valence-corrected chi connectivity index (χ2v) is 7.45. The third kappa shape index (κ3) is 5.01. The van der Waals surface area contributed by atoms with Gasteiger partial charge in [-0.1, -0.05) is 20.8 Å². The van der Waals surface area contributed by atoms with Gasteiger partial charge in [-0.2, -0.15) is 5.10 Å². The summed E-state index contributed by atoms with van der Waals surface area (Å²) < 4.78 is 3.19. The minimum absolute atomic E-state index is 0.0321. The van der Waals surface area contributed by atoms with Gasteiger partial charge in [-0.3, -0.25) is 23.8 Å². The summed E-state index contributed by atoms with van der Waals surface area (Å²) in [5.74, 6) is 0.230. The molecule has 0 aliphatic heterocycles. The van der Waals surface area contributed by atoms with E-state index in [-0.39, 0.29) is 23.9 Å². The molecule has 3 aromatic rings. The Hall–Kier alpha value is -3.27. The van der Waals surface area contributed by atoms with Crippen LogP contribution < -0.4 is 10.9 Å². The predicted octanol–water partition coefficient (Wildman–Crippen LogP) is 1.01. The number of aromatic nitrogens is 6. The normalized spacial score (nSPS) is 11.4. The Kier molecular flexibility index (Phi) is 6.78. The lowest BCUT2D eigenvalue weighted by molar-refractivity contribution is -0.121. The average Bonchev–Trinajstić information content (AvgIpc) is 3.39. The highest BCUT2D eigenvalue weighted by atomic mass is 16.2. The van der Waals surface area contributed by atoms with Gasteiger partial charge in [-0.15, -0.1) is 0 Å². The minimum atomic E-state index is -0.204. The molecule has 0 aromatic carbocycles. The van der Waals surface area contributed by atoms with Crippen molar-refractivity contribution in [1.29, 1.82) is 0 Å². The first-order chi connectivity index (χ1) is 14.4. The van der Waals surface area contributed by atoms with Crippen LogP contribution in [0, 0.1) is 0 Å². The predicted molar refractivity (Wildman–Crippen MR) is 113 cm³/mol. The third-order valence-electron chi connectivity index (χ3n) is 4.84. The average molecular weight is 412 g/mol. The van der Waals surface area contributed by atoms with Gasteiger partial charge in [0.2, 0.25) is 11.9 Å². The molecule has 10 heteroatoms. The Balaban J connectivity index is 1.82. The molecule has 160 valence electrons. The van der Waals surface area contributed by atoms with Gasteiger partial charge in [0.15, 0.2) is 0 Å². The van der Waals surface area contributed by atoms with Gasteiger partial charge in [-0.25, -0.2) is 9.97 Å². The van der Waals surface area contributed by atoms with E-state index in [2.05, 4.69) is 37.2 Å². The number of carbonyl (C=O) groups is 1. The number of likely N-dealkylation sites (N-methyl/N-ethyl adjacent to an activating group) is 1. The van der Waals surface area contributed by atoms with Crippen molar-refractivity contribution in [3.8, 4) is 17.2 Å². The number of hydrogen-bond acceptors (Lipinski definition) is 6. The summed E-state index contributed by atoms with van der Waals surface area (Å²) in [7, 11) is 2.00. The zero-order chi connectivity index (χ0) is 21.7. The van der Waals surface area contributed by atoms with Gasteiger partial charge in [0.05, 0.1) is 11.9 Å². The largest absolute Gasteiger partial charge is 0.353 e. The number of H-pyrrole nitrogens is 1. The van der Waals surface area contributed by atoms with Crippen LogP contribution in [0.4, 0.5) is 0 Å². The standard InChI is InChI=1S/C20H28N8O2/c1-5-26(4)8-7-22-16(29)12-28-11-15(10-23-28)18-17(14(2)3)19(30)25-20(24-18)27-9-6-21-13-27/h6,9-11,13-14H,5,7-8,12H2,1-4H3,(H,22,29)(H,24,25,30). The van der Waals surface area contributed by atoms with Crippen LogP contribution in [0.5, 0.6) is 0 Å². The van der Waals surface area contributed by atoms with Crippen molar-refractivity contribution in [1.82, 2.24) is 39.5 Å². The van der Waals surface area contributed by atoms with Crippen LogP contribution in [0.3, 0.4) is 0 Å². The van der Waals surface area contributed by atoms with Crippen molar-refractivity contribution in [2.24, 2.45) is 0 Å². The molecule has 1 amide bonds. The molecule has 3 heterocycles. The fourth-order valence-electron chi connectivity index (χ4n) is 3.05.